The summed E-state index contributed by atoms with van der Waals surface area (Å²) in [5.74, 6) is -1.24. The Morgan fingerprint density at radius 3 is 2.69 bits per heavy atom. The van der Waals surface area contributed by atoms with E-state index < -0.39 is 5.97 Å². The van der Waals surface area contributed by atoms with Crippen LogP contribution in [0.15, 0.2) is 36.5 Å². The van der Waals surface area contributed by atoms with Gasteiger partial charge in [0, 0.05) is 18.3 Å². The summed E-state index contributed by atoms with van der Waals surface area (Å²) in [5.41, 5.74) is 1.00. The molecule has 1 rings (SSSR count). The number of carboxylic acid groups (broad SMARTS) is 1. The molecular weight excluding hydrogens is 209 g/mol. The smallest absolute Gasteiger partial charge is 0.329 e. The molecule has 0 fully saturated rings. The Balaban J connectivity index is 2.42. The Morgan fingerprint density at radius 1 is 1.50 bits per heavy atom. The molecule has 0 spiro atoms. The predicted octanol–water partition coefficient (Wildman–Crippen LogP) is 1.94. The Morgan fingerprint density at radius 2 is 2.12 bits per heavy atom. The summed E-state index contributed by atoms with van der Waals surface area (Å²) in [6.07, 6.45) is 3.15. The lowest BCUT2D eigenvalue weighted by atomic mass is 10.1. The predicted molar refractivity (Wildman–Crippen MR) is 59.5 cm³/mol. The van der Waals surface area contributed by atoms with Crippen LogP contribution in [0.1, 0.15) is 12.5 Å². The van der Waals surface area contributed by atoms with Gasteiger partial charge >= 0.3 is 5.97 Å². The highest BCUT2D eigenvalue weighted by Gasteiger charge is 2.01. The Hall–Kier alpha value is -1.84. The summed E-state index contributed by atoms with van der Waals surface area (Å²) < 4.78 is 12.6. The molecule has 3 nitrogen and oxygen atoms in total. The van der Waals surface area contributed by atoms with E-state index in [2.05, 4.69) is 5.32 Å². The molecule has 1 aromatic rings. The molecule has 16 heavy (non-hydrogen) atoms. The molecule has 0 amide bonds. The zero-order chi connectivity index (χ0) is 12.0. The third kappa shape index (κ3) is 4.59. The van der Waals surface area contributed by atoms with E-state index in [1.165, 1.54) is 18.3 Å². The van der Waals surface area contributed by atoms with Gasteiger partial charge in [-0.2, -0.15) is 0 Å². The summed E-state index contributed by atoms with van der Waals surface area (Å²) in [5, 5.41) is 11.3. The Labute approximate surface area is 93.6 Å². The van der Waals surface area contributed by atoms with Gasteiger partial charge in [0.15, 0.2) is 0 Å². The molecular formula is C12H14FNO2. The first-order valence-electron chi connectivity index (χ1n) is 4.98. The third-order valence-electron chi connectivity index (χ3n) is 2.06. The summed E-state index contributed by atoms with van der Waals surface area (Å²) in [6.45, 7) is 1.93. The fraction of sp³-hybridized carbons (Fsp3) is 0.250. The van der Waals surface area contributed by atoms with Crippen molar-refractivity contribution >= 4 is 5.97 Å². The molecule has 1 atom stereocenters. The molecule has 1 unspecified atom stereocenters. The lowest BCUT2D eigenvalue weighted by Gasteiger charge is -2.11. The quantitative estimate of drug-likeness (QED) is 0.750. The number of halogens is 1. The molecule has 0 saturated carbocycles. The van der Waals surface area contributed by atoms with Gasteiger partial charge in [0.1, 0.15) is 5.82 Å². The third-order valence-corrected chi connectivity index (χ3v) is 2.06. The van der Waals surface area contributed by atoms with Crippen molar-refractivity contribution < 1.29 is 14.3 Å². The van der Waals surface area contributed by atoms with Gasteiger partial charge in [-0.1, -0.05) is 12.1 Å². The van der Waals surface area contributed by atoms with E-state index in [9.17, 15) is 9.18 Å². The van der Waals surface area contributed by atoms with Crippen LogP contribution in [0.5, 0.6) is 0 Å². The largest absolute Gasteiger partial charge is 0.478 e. The van der Waals surface area contributed by atoms with E-state index >= 15 is 0 Å². The maximum atomic E-state index is 12.6. The average Bonchev–Trinajstić information content (AvgIpc) is 2.21. The number of carbonyl (C=O) groups is 1. The van der Waals surface area contributed by atoms with Gasteiger partial charge in [0.2, 0.25) is 0 Å². The van der Waals surface area contributed by atoms with Crippen LogP contribution in [0.2, 0.25) is 0 Å². The van der Waals surface area contributed by atoms with E-state index in [0.717, 1.165) is 11.6 Å². The van der Waals surface area contributed by atoms with E-state index in [1.807, 2.05) is 6.92 Å². The second-order valence-corrected chi connectivity index (χ2v) is 3.57. The van der Waals surface area contributed by atoms with Crippen LogP contribution in [-0.2, 0) is 11.2 Å². The normalized spacial score (nSPS) is 12.6. The van der Waals surface area contributed by atoms with Crippen LogP contribution >= 0.6 is 0 Å². The first-order valence-corrected chi connectivity index (χ1v) is 4.98. The van der Waals surface area contributed by atoms with E-state index in [0.29, 0.717) is 6.42 Å². The van der Waals surface area contributed by atoms with Crippen LogP contribution in [0.4, 0.5) is 4.39 Å². The van der Waals surface area contributed by atoms with Crippen molar-refractivity contribution in [3.63, 3.8) is 0 Å². The maximum absolute atomic E-state index is 12.6. The van der Waals surface area contributed by atoms with Crippen LogP contribution in [-0.4, -0.2) is 17.1 Å². The molecule has 0 aliphatic rings. The SMILES string of the molecule is CC(Cc1ccc(F)cc1)N/C=C/C(=O)O. The molecule has 0 radical (unpaired) electrons. The van der Waals surface area contributed by atoms with Gasteiger partial charge in [-0.15, -0.1) is 0 Å². The number of hydrogen-bond acceptors (Lipinski definition) is 2. The van der Waals surface area contributed by atoms with Gasteiger partial charge in [-0.3, -0.25) is 0 Å². The minimum Gasteiger partial charge on any atom is -0.478 e. The molecule has 1 aromatic carbocycles. The fourth-order valence-electron chi connectivity index (χ4n) is 1.32. The van der Waals surface area contributed by atoms with Crippen molar-refractivity contribution in [2.45, 2.75) is 19.4 Å². The van der Waals surface area contributed by atoms with Gasteiger partial charge in [0.05, 0.1) is 0 Å². The highest BCUT2D eigenvalue weighted by molar-refractivity contribution is 5.79. The first-order chi connectivity index (χ1) is 7.58. The molecule has 0 aromatic heterocycles. The zero-order valence-electron chi connectivity index (χ0n) is 8.98. The van der Waals surface area contributed by atoms with Gasteiger partial charge in [-0.25, -0.2) is 9.18 Å². The Bertz CT molecular complexity index is 373. The van der Waals surface area contributed by atoms with Gasteiger partial charge in [-0.05, 0) is 31.0 Å². The molecule has 0 aliphatic carbocycles. The van der Waals surface area contributed by atoms with Crippen LogP contribution in [0, 0.1) is 5.82 Å². The zero-order valence-corrected chi connectivity index (χ0v) is 8.98. The molecule has 0 bridgehead atoms. The number of benzene rings is 1. The minimum absolute atomic E-state index is 0.0982. The highest BCUT2D eigenvalue weighted by Crippen LogP contribution is 2.05. The van der Waals surface area contributed by atoms with E-state index in [1.54, 1.807) is 12.1 Å². The lowest BCUT2D eigenvalue weighted by Crippen LogP contribution is -2.23. The Kier molecular flexibility index (Phi) is 4.51. The lowest BCUT2D eigenvalue weighted by molar-refractivity contribution is -0.131. The van der Waals surface area contributed by atoms with Crippen molar-refractivity contribution in [3.05, 3.63) is 47.9 Å². The second-order valence-electron chi connectivity index (χ2n) is 3.57. The summed E-state index contributed by atoms with van der Waals surface area (Å²) in [4.78, 5) is 10.2. The van der Waals surface area contributed by atoms with E-state index in [-0.39, 0.29) is 11.9 Å². The first kappa shape index (κ1) is 12.2. The van der Waals surface area contributed by atoms with Crippen molar-refractivity contribution in [2.24, 2.45) is 0 Å². The summed E-state index contributed by atoms with van der Waals surface area (Å²) >= 11 is 0. The van der Waals surface area contributed by atoms with Crippen LogP contribution < -0.4 is 5.32 Å². The summed E-state index contributed by atoms with van der Waals surface area (Å²) in [6, 6.07) is 6.36. The van der Waals surface area contributed by atoms with Gasteiger partial charge < -0.3 is 10.4 Å². The molecule has 0 heterocycles. The van der Waals surface area contributed by atoms with E-state index in [4.69, 9.17) is 5.11 Å². The number of rotatable bonds is 5. The van der Waals surface area contributed by atoms with Crippen molar-refractivity contribution in [1.82, 2.24) is 5.32 Å². The highest BCUT2D eigenvalue weighted by atomic mass is 19.1. The molecule has 4 heteroatoms. The topological polar surface area (TPSA) is 49.3 Å². The maximum Gasteiger partial charge on any atom is 0.329 e. The number of aliphatic carboxylic acids is 1. The van der Waals surface area contributed by atoms with Crippen LogP contribution in [0.3, 0.4) is 0 Å². The number of hydrogen-bond donors (Lipinski definition) is 2. The number of carboxylic acids is 1. The number of nitrogens with one attached hydrogen (secondary N) is 1. The van der Waals surface area contributed by atoms with Crippen LogP contribution in [0.25, 0.3) is 0 Å². The minimum atomic E-state index is -0.985. The molecule has 86 valence electrons. The molecule has 0 aliphatic heterocycles. The van der Waals surface area contributed by atoms with Crippen molar-refractivity contribution in [3.8, 4) is 0 Å². The fourth-order valence-corrected chi connectivity index (χ4v) is 1.32. The molecule has 0 saturated heterocycles. The molecule has 2 N–H and O–H groups in total. The average molecular weight is 223 g/mol. The monoisotopic (exact) mass is 223 g/mol. The van der Waals surface area contributed by atoms with Crippen molar-refractivity contribution in [1.29, 1.82) is 0 Å². The summed E-state index contributed by atoms with van der Waals surface area (Å²) in [7, 11) is 0. The standard InChI is InChI=1S/C12H14FNO2/c1-9(14-7-6-12(15)16)8-10-2-4-11(13)5-3-10/h2-7,9,14H,8H2,1H3,(H,15,16)/b7-6+. The second kappa shape index (κ2) is 5.90. The van der Waals surface area contributed by atoms with Gasteiger partial charge in [0.25, 0.3) is 0 Å². The van der Waals surface area contributed by atoms with Crippen molar-refractivity contribution in [2.75, 3.05) is 0 Å².